The van der Waals surface area contributed by atoms with Gasteiger partial charge in [0.15, 0.2) is 0 Å². The molecule has 0 aromatic carbocycles. The van der Waals surface area contributed by atoms with Crippen LogP contribution >= 0.6 is 0 Å². The fourth-order valence-corrected chi connectivity index (χ4v) is 1.76. The molecule has 0 radical (unpaired) electrons. The summed E-state index contributed by atoms with van der Waals surface area (Å²) in [5.41, 5.74) is 1.20. The molecule has 0 amide bonds. The molecular weight excluding hydrogens is 186 g/mol. The Hall–Kier alpha value is -1.20. The molecule has 0 aliphatic carbocycles. The lowest BCUT2D eigenvalue weighted by molar-refractivity contribution is 0.477. The Kier molecular flexibility index (Phi) is 3.99. The Bertz CT molecular complexity index is 359. The molecule has 1 aromatic heterocycles. The summed E-state index contributed by atoms with van der Waals surface area (Å²) >= 11 is 0. The minimum atomic E-state index is 0.134. The smallest absolute Gasteiger partial charge is 0.105 e. The van der Waals surface area contributed by atoms with Crippen molar-refractivity contribution in [2.24, 2.45) is 0 Å². The fraction of sp³-hybridized carbons (Fsp3) is 0.538. The van der Waals surface area contributed by atoms with Gasteiger partial charge in [0.05, 0.1) is 6.04 Å². The first kappa shape index (κ1) is 11.9. The van der Waals surface area contributed by atoms with Gasteiger partial charge in [0.25, 0.3) is 0 Å². The molecular formula is C13H19NO. The van der Waals surface area contributed by atoms with Crippen LogP contribution in [0.2, 0.25) is 0 Å². The van der Waals surface area contributed by atoms with E-state index in [1.807, 2.05) is 13.8 Å². The molecule has 1 aromatic rings. The summed E-state index contributed by atoms with van der Waals surface area (Å²) in [5, 5.41) is 3.39. The number of rotatable bonds is 4. The van der Waals surface area contributed by atoms with Crippen molar-refractivity contribution in [1.82, 2.24) is 5.32 Å². The van der Waals surface area contributed by atoms with Crippen molar-refractivity contribution in [3.8, 4) is 12.3 Å². The summed E-state index contributed by atoms with van der Waals surface area (Å²) in [6.07, 6.45) is 6.36. The van der Waals surface area contributed by atoms with E-state index in [-0.39, 0.29) is 12.1 Å². The van der Waals surface area contributed by atoms with Gasteiger partial charge in [0.2, 0.25) is 0 Å². The quantitative estimate of drug-likeness (QED) is 0.764. The maximum Gasteiger partial charge on any atom is 0.105 e. The summed E-state index contributed by atoms with van der Waals surface area (Å²) in [6.45, 7) is 8.13. The largest absolute Gasteiger partial charge is 0.466 e. The third-order valence-corrected chi connectivity index (χ3v) is 2.61. The van der Waals surface area contributed by atoms with Crippen LogP contribution in [-0.2, 0) is 0 Å². The van der Waals surface area contributed by atoms with Crippen LogP contribution in [0.4, 0.5) is 0 Å². The van der Waals surface area contributed by atoms with Gasteiger partial charge in [-0.05, 0) is 33.3 Å². The standard InChI is InChI=1S/C13H19NO/c1-6-12(7-2)14-10(4)13-8-9(3)15-11(13)5/h1,8,10,12,14H,7H2,2-5H3. The highest BCUT2D eigenvalue weighted by Gasteiger charge is 2.14. The Morgan fingerprint density at radius 3 is 2.60 bits per heavy atom. The van der Waals surface area contributed by atoms with Crippen LogP contribution in [-0.4, -0.2) is 6.04 Å². The third-order valence-electron chi connectivity index (χ3n) is 2.61. The number of aryl methyl sites for hydroxylation is 2. The average molecular weight is 205 g/mol. The highest BCUT2D eigenvalue weighted by molar-refractivity contribution is 5.24. The first-order valence-corrected chi connectivity index (χ1v) is 5.37. The van der Waals surface area contributed by atoms with Gasteiger partial charge in [-0.25, -0.2) is 0 Å². The summed E-state index contributed by atoms with van der Waals surface area (Å²) < 4.78 is 5.49. The summed E-state index contributed by atoms with van der Waals surface area (Å²) in [7, 11) is 0. The van der Waals surface area contributed by atoms with E-state index in [0.29, 0.717) is 0 Å². The molecule has 2 nitrogen and oxygen atoms in total. The van der Waals surface area contributed by atoms with Crippen molar-refractivity contribution in [3.63, 3.8) is 0 Å². The van der Waals surface area contributed by atoms with Crippen LogP contribution in [0.15, 0.2) is 10.5 Å². The monoisotopic (exact) mass is 205 g/mol. The lowest BCUT2D eigenvalue weighted by Gasteiger charge is -2.17. The first-order valence-electron chi connectivity index (χ1n) is 5.37. The summed E-state index contributed by atoms with van der Waals surface area (Å²) in [4.78, 5) is 0. The second kappa shape index (κ2) is 5.04. The zero-order valence-electron chi connectivity index (χ0n) is 9.92. The van der Waals surface area contributed by atoms with Gasteiger partial charge < -0.3 is 4.42 Å². The van der Waals surface area contributed by atoms with Crippen LogP contribution in [0.3, 0.4) is 0 Å². The predicted molar refractivity (Wildman–Crippen MR) is 62.6 cm³/mol. The van der Waals surface area contributed by atoms with Crippen molar-refractivity contribution in [1.29, 1.82) is 0 Å². The highest BCUT2D eigenvalue weighted by Crippen LogP contribution is 2.21. The molecule has 1 rings (SSSR count). The normalized spacial score (nSPS) is 14.6. The van der Waals surface area contributed by atoms with E-state index in [1.54, 1.807) is 0 Å². The molecule has 0 bridgehead atoms. The number of nitrogens with one attached hydrogen (secondary N) is 1. The number of hydrogen-bond donors (Lipinski definition) is 1. The van der Waals surface area contributed by atoms with Crippen molar-refractivity contribution in [2.45, 2.75) is 46.2 Å². The Morgan fingerprint density at radius 1 is 1.53 bits per heavy atom. The SMILES string of the molecule is C#CC(CC)NC(C)c1cc(C)oc1C. The van der Waals surface area contributed by atoms with Crippen LogP contribution in [0, 0.1) is 26.2 Å². The molecule has 0 saturated heterocycles. The Balaban J connectivity index is 2.73. The van der Waals surface area contributed by atoms with Gasteiger partial charge in [0.1, 0.15) is 11.5 Å². The van der Waals surface area contributed by atoms with E-state index in [9.17, 15) is 0 Å². The predicted octanol–water partition coefficient (Wildman–Crippen LogP) is 2.96. The summed E-state index contributed by atoms with van der Waals surface area (Å²) in [5.74, 6) is 4.66. The maximum absolute atomic E-state index is 5.49. The molecule has 0 aliphatic heterocycles. The van der Waals surface area contributed by atoms with Gasteiger partial charge in [-0.1, -0.05) is 12.8 Å². The van der Waals surface area contributed by atoms with E-state index in [4.69, 9.17) is 10.8 Å². The molecule has 0 aliphatic rings. The molecule has 1 N–H and O–H groups in total. The van der Waals surface area contributed by atoms with Crippen LogP contribution in [0.1, 0.15) is 43.4 Å². The highest BCUT2D eigenvalue weighted by atomic mass is 16.3. The van der Waals surface area contributed by atoms with Crippen molar-refractivity contribution in [3.05, 3.63) is 23.2 Å². The van der Waals surface area contributed by atoms with E-state index < -0.39 is 0 Å². The zero-order valence-corrected chi connectivity index (χ0v) is 9.92. The molecule has 2 heteroatoms. The minimum Gasteiger partial charge on any atom is -0.466 e. The zero-order chi connectivity index (χ0) is 11.4. The number of terminal acetylenes is 1. The molecule has 0 spiro atoms. The van der Waals surface area contributed by atoms with Gasteiger partial charge >= 0.3 is 0 Å². The van der Waals surface area contributed by atoms with Crippen molar-refractivity contribution < 1.29 is 4.42 Å². The lowest BCUT2D eigenvalue weighted by Crippen LogP contribution is -2.29. The third kappa shape index (κ3) is 2.87. The van der Waals surface area contributed by atoms with Crippen LogP contribution < -0.4 is 5.32 Å². The van der Waals surface area contributed by atoms with E-state index >= 15 is 0 Å². The number of hydrogen-bond acceptors (Lipinski definition) is 2. The van der Waals surface area contributed by atoms with Gasteiger partial charge in [-0.2, -0.15) is 0 Å². The second-order valence-corrected chi connectivity index (χ2v) is 3.88. The maximum atomic E-state index is 5.49. The fourth-order valence-electron chi connectivity index (χ4n) is 1.76. The lowest BCUT2D eigenvalue weighted by atomic mass is 10.1. The minimum absolute atomic E-state index is 0.134. The van der Waals surface area contributed by atoms with Crippen LogP contribution in [0.5, 0.6) is 0 Å². The van der Waals surface area contributed by atoms with Crippen molar-refractivity contribution >= 4 is 0 Å². The molecule has 2 unspecified atom stereocenters. The average Bonchev–Trinajstić information content (AvgIpc) is 2.54. The topological polar surface area (TPSA) is 25.2 Å². The van der Waals surface area contributed by atoms with Crippen LogP contribution in [0.25, 0.3) is 0 Å². The molecule has 0 saturated carbocycles. The Morgan fingerprint density at radius 2 is 2.20 bits per heavy atom. The molecule has 1 heterocycles. The number of furan rings is 1. The van der Waals surface area contributed by atoms with E-state index in [1.165, 1.54) is 5.56 Å². The van der Waals surface area contributed by atoms with Gasteiger partial charge in [-0.15, -0.1) is 6.42 Å². The molecule has 82 valence electrons. The van der Waals surface area contributed by atoms with E-state index in [2.05, 4.69) is 31.2 Å². The molecule has 0 fully saturated rings. The van der Waals surface area contributed by atoms with Gasteiger partial charge in [-0.3, -0.25) is 5.32 Å². The van der Waals surface area contributed by atoms with E-state index in [0.717, 1.165) is 17.9 Å². The van der Waals surface area contributed by atoms with Gasteiger partial charge in [0, 0.05) is 11.6 Å². The summed E-state index contributed by atoms with van der Waals surface area (Å²) in [6, 6.07) is 2.44. The molecule has 15 heavy (non-hydrogen) atoms. The molecule has 2 atom stereocenters. The second-order valence-electron chi connectivity index (χ2n) is 3.88. The first-order chi connectivity index (χ1) is 7.08. The van der Waals surface area contributed by atoms with Crippen molar-refractivity contribution in [2.75, 3.05) is 0 Å². The Labute approximate surface area is 92.1 Å².